The van der Waals surface area contributed by atoms with Crippen molar-refractivity contribution >= 4 is 19.7 Å². The zero-order valence-corrected chi connectivity index (χ0v) is 14.4. The SMILES string of the molecule is CCNC(C1CCCC(S(C)(=O)=O)C1)C(C)S(C)(=O)=O. The van der Waals surface area contributed by atoms with E-state index < -0.39 is 24.9 Å². The van der Waals surface area contributed by atoms with Gasteiger partial charge in [-0.05, 0) is 38.6 Å². The van der Waals surface area contributed by atoms with Gasteiger partial charge in [-0.2, -0.15) is 0 Å². The Morgan fingerprint density at radius 3 is 2.20 bits per heavy atom. The average molecular weight is 325 g/mol. The molecule has 0 radical (unpaired) electrons. The van der Waals surface area contributed by atoms with E-state index >= 15 is 0 Å². The van der Waals surface area contributed by atoms with Gasteiger partial charge in [0.2, 0.25) is 0 Å². The molecule has 0 aromatic carbocycles. The molecule has 0 heterocycles. The van der Waals surface area contributed by atoms with Gasteiger partial charge >= 0.3 is 0 Å². The van der Waals surface area contributed by atoms with Crippen molar-refractivity contribution in [2.45, 2.75) is 56.1 Å². The van der Waals surface area contributed by atoms with Gasteiger partial charge in [-0.1, -0.05) is 13.3 Å². The summed E-state index contributed by atoms with van der Waals surface area (Å²) in [7, 11) is -6.18. The molecule has 0 amide bonds. The van der Waals surface area contributed by atoms with Gasteiger partial charge in [-0.3, -0.25) is 0 Å². The molecule has 1 rings (SSSR count). The summed E-state index contributed by atoms with van der Waals surface area (Å²) in [5.74, 6) is 0.105. The van der Waals surface area contributed by atoms with E-state index in [-0.39, 0.29) is 17.2 Å². The Morgan fingerprint density at radius 1 is 1.15 bits per heavy atom. The summed E-state index contributed by atoms with van der Waals surface area (Å²) >= 11 is 0. The van der Waals surface area contributed by atoms with Gasteiger partial charge in [0.1, 0.15) is 9.84 Å². The standard InChI is InChI=1S/C13H27NO4S2/c1-5-14-13(10(2)19(3,15)16)11-7-6-8-12(9-11)20(4,17)18/h10-14H,5-9H2,1-4H3. The summed E-state index contributed by atoms with van der Waals surface area (Å²) in [5, 5.41) is 2.44. The highest BCUT2D eigenvalue weighted by Gasteiger charge is 2.37. The molecule has 0 spiro atoms. The average Bonchev–Trinajstić information content (AvgIpc) is 2.33. The van der Waals surface area contributed by atoms with Crippen molar-refractivity contribution < 1.29 is 16.8 Å². The minimum Gasteiger partial charge on any atom is -0.313 e. The minimum absolute atomic E-state index is 0.105. The lowest BCUT2D eigenvalue weighted by Crippen LogP contribution is -2.49. The van der Waals surface area contributed by atoms with Crippen molar-refractivity contribution in [1.82, 2.24) is 5.32 Å². The summed E-state index contributed by atoms with van der Waals surface area (Å²) < 4.78 is 47.1. The summed E-state index contributed by atoms with van der Waals surface area (Å²) in [4.78, 5) is 0. The Bertz CT molecular complexity index is 512. The first-order valence-corrected chi connectivity index (χ1v) is 11.1. The second-order valence-electron chi connectivity index (χ2n) is 6.00. The largest absolute Gasteiger partial charge is 0.313 e. The summed E-state index contributed by atoms with van der Waals surface area (Å²) in [5.41, 5.74) is 0. The van der Waals surface area contributed by atoms with Crippen molar-refractivity contribution in [3.63, 3.8) is 0 Å². The molecule has 5 nitrogen and oxygen atoms in total. The normalized spacial score (nSPS) is 28.0. The number of hydrogen-bond acceptors (Lipinski definition) is 5. The molecule has 0 aliphatic heterocycles. The summed E-state index contributed by atoms with van der Waals surface area (Å²) in [6, 6.07) is -0.167. The first kappa shape index (κ1) is 17.9. The maximum Gasteiger partial charge on any atom is 0.151 e. The molecule has 1 N–H and O–H groups in total. The molecule has 20 heavy (non-hydrogen) atoms. The molecule has 1 aliphatic rings. The van der Waals surface area contributed by atoms with E-state index in [1.54, 1.807) is 6.92 Å². The van der Waals surface area contributed by atoms with Gasteiger partial charge in [0, 0.05) is 18.6 Å². The Morgan fingerprint density at radius 2 is 1.75 bits per heavy atom. The van der Waals surface area contributed by atoms with Crippen LogP contribution >= 0.6 is 0 Å². The number of nitrogens with one attached hydrogen (secondary N) is 1. The lowest BCUT2D eigenvalue weighted by Gasteiger charge is -2.36. The van der Waals surface area contributed by atoms with Gasteiger partial charge in [0.15, 0.2) is 9.84 Å². The van der Waals surface area contributed by atoms with Crippen LogP contribution in [0.4, 0.5) is 0 Å². The fourth-order valence-corrected chi connectivity index (χ4v) is 5.16. The fraction of sp³-hybridized carbons (Fsp3) is 1.00. The minimum atomic E-state index is -3.14. The molecule has 7 heteroatoms. The van der Waals surface area contributed by atoms with E-state index in [2.05, 4.69) is 5.32 Å². The smallest absolute Gasteiger partial charge is 0.151 e. The third kappa shape index (κ3) is 4.70. The lowest BCUT2D eigenvalue weighted by atomic mass is 9.82. The third-order valence-corrected chi connectivity index (χ3v) is 7.68. The van der Waals surface area contributed by atoms with Crippen molar-refractivity contribution in [3.8, 4) is 0 Å². The molecule has 4 unspecified atom stereocenters. The first-order valence-electron chi connectivity index (χ1n) is 7.18. The van der Waals surface area contributed by atoms with E-state index in [1.165, 1.54) is 12.5 Å². The van der Waals surface area contributed by atoms with Gasteiger partial charge in [-0.25, -0.2) is 16.8 Å². The van der Waals surface area contributed by atoms with E-state index in [0.717, 1.165) is 12.8 Å². The zero-order valence-electron chi connectivity index (χ0n) is 12.8. The number of sulfone groups is 2. The molecule has 0 aromatic heterocycles. The van der Waals surface area contributed by atoms with Crippen LogP contribution in [0.25, 0.3) is 0 Å². The predicted molar refractivity (Wildman–Crippen MR) is 82.4 cm³/mol. The molecule has 4 atom stereocenters. The summed E-state index contributed by atoms with van der Waals surface area (Å²) in [6.45, 7) is 4.34. The molecule has 0 aromatic rings. The van der Waals surface area contributed by atoms with Crippen LogP contribution in [0.5, 0.6) is 0 Å². The van der Waals surface area contributed by atoms with E-state index in [1.807, 2.05) is 6.92 Å². The van der Waals surface area contributed by atoms with Crippen LogP contribution in [0, 0.1) is 5.92 Å². The van der Waals surface area contributed by atoms with Gasteiger partial charge in [0.25, 0.3) is 0 Å². The highest BCUT2D eigenvalue weighted by Crippen LogP contribution is 2.32. The lowest BCUT2D eigenvalue weighted by molar-refractivity contribution is 0.268. The second-order valence-corrected chi connectivity index (χ2v) is 10.7. The number of hydrogen-bond donors (Lipinski definition) is 1. The third-order valence-electron chi connectivity index (χ3n) is 4.40. The molecule has 1 fully saturated rings. The van der Waals surface area contributed by atoms with E-state index in [0.29, 0.717) is 19.4 Å². The predicted octanol–water partition coefficient (Wildman–Crippen LogP) is 1.00. The van der Waals surface area contributed by atoms with Crippen molar-refractivity contribution in [2.24, 2.45) is 5.92 Å². The fourth-order valence-electron chi connectivity index (χ4n) is 3.11. The topological polar surface area (TPSA) is 80.3 Å². The molecular weight excluding hydrogens is 298 g/mol. The van der Waals surface area contributed by atoms with Gasteiger partial charge in [-0.15, -0.1) is 0 Å². The van der Waals surface area contributed by atoms with E-state index in [9.17, 15) is 16.8 Å². The van der Waals surface area contributed by atoms with Crippen LogP contribution in [0.1, 0.15) is 39.5 Å². The van der Waals surface area contributed by atoms with Crippen LogP contribution in [0.3, 0.4) is 0 Å². The molecule has 0 bridgehead atoms. The van der Waals surface area contributed by atoms with Crippen molar-refractivity contribution in [2.75, 3.05) is 19.1 Å². The Kier molecular flexibility index (Phi) is 6.04. The van der Waals surface area contributed by atoms with Crippen LogP contribution < -0.4 is 5.32 Å². The Hall–Kier alpha value is -0.140. The second kappa shape index (κ2) is 6.75. The molecule has 1 saturated carbocycles. The molecule has 0 saturated heterocycles. The maximum atomic E-state index is 11.8. The van der Waals surface area contributed by atoms with Crippen LogP contribution in [-0.4, -0.2) is 52.4 Å². The highest BCUT2D eigenvalue weighted by molar-refractivity contribution is 7.91. The zero-order chi connectivity index (χ0) is 15.6. The van der Waals surface area contributed by atoms with Gasteiger partial charge in [0.05, 0.1) is 10.5 Å². The van der Waals surface area contributed by atoms with Crippen molar-refractivity contribution in [3.05, 3.63) is 0 Å². The van der Waals surface area contributed by atoms with Crippen LogP contribution in [0.2, 0.25) is 0 Å². The summed E-state index contributed by atoms with van der Waals surface area (Å²) in [6.07, 6.45) is 5.53. The molecular formula is C13H27NO4S2. The Balaban J connectivity index is 2.92. The first-order chi connectivity index (χ1) is 9.07. The van der Waals surface area contributed by atoms with Gasteiger partial charge < -0.3 is 5.32 Å². The Labute approximate surface area is 123 Å². The monoisotopic (exact) mass is 325 g/mol. The molecule has 1 aliphatic carbocycles. The van der Waals surface area contributed by atoms with Crippen molar-refractivity contribution in [1.29, 1.82) is 0 Å². The highest BCUT2D eigenvalue weighted by atomic mass is 32.2. The maximum absolute atomic E-state index is 11.8. The van der Waals surface area contributed by atoms with Crippen LogP contribution in [0.15, 0.2) is 0 Å². The molecule has 120 valence electrons. The quantitative estimate of drug-likeness (QED) is 0.788. The van der Waals surface area contributed by atoms with Crippen LogP contribution in [-0.2, 0) is 19.7 Å². The number of rotatable bonds is 6. The van der Waals surface area contributed by atoms with E-state index in [4.69, 9.17) is 0 Å².